The van der Waals surface area contributed by atoms with Crippen molar-refractivity contribution in [2.24, 2.45) is 0 Å². The van der Waals surface area contributed by atoms with Crippen LogP contribution in [0, 0.1) is 0 Å². The average Bonchev–Trinajstić information content (AvgIpc) is 2.61. The van der Waals surface area contributed by atoms with Gasteiger partial charge in [0.15, 0.2) is 6.10 Å². The van der Waals surface area contributed by atoms with Gasteiger partial charge in [0.1, 0.15) is 11.5 Å². The van der Waals surface area contributed by atoms with Crippen LogP contribution in [0.2, 0.25) is 0 Å². The molecule has 6 nitrogen and oxygen atoms in total. The number of carbonyl (C=O) groups is 2. The van der Waals surface area contributed by atoms with E-state index in [9.17, 15) is 9.59 Å². The van der Waals surface area contributed by atoms with E-state index in [1.54, 1.807) is 50.4 Å². The Balaban J connectivity index is 1.76. The zero-order valence-electron chi connectivity index (χ0n) is 13.6. The molecular weight excluding hydrogens is 308 g/mol. The third kappa shape index (κ3) is 5.31. The molecular formula is C18H20N2O4. The number of hydrazine groups is 1. The number of hydrogen-bond acceptors (Lipinski definition) is 4. The Kier molecular flexibility index (Phi) is 6.19. The Bertz CT molecular complexity index is 671. The van der Waals surface area contributed by atoms with Crippen LogP contribution in [0.25, 0.3) is 0 Å². The summed E-state index contributed by atoms with van der Waals surface area (Å²) in [5.41, 5.74) is 5.55. The SMILES string of the molecule is COc1ccc(CC(=O)NNC(=O)C(C)Oc2ccccc2)cc1. The van der Waals surface area contributed by atoms with Crippen molar-refractivity contribution in [1.29, 1.82) is 0 Å². The van der Waals surface area contributed by atoms with Crippen LogP contribution in [0.3, 0.4) is 0 Å². The third-order valence-corrected chi connectivity index (χ3v) is 3.27. The normalized spacial score (nSPS) is 11.2. The number of ether oxygens (including phenoxy) is 2. The lowest BCUT2D eigenvalue weighted by Crippen LogP contribution is -2.47. The van der Waals surface area contributed by atoms with Gasteiger partial charge in [0, 0.05) is 0 Å². The molecule has 0 aliphatic rings. The van der Waals surface area contributed by atoms with E-state index in [1.165, 1.54) is 0 Å². The topological polar surface area (TPSA) is 76.7 Å². The molecule has 2 amide bonds. The number of benzene rings is 2. The highest BCUT2D eigenvalue weighted by atomic mass is 16.5. The third-order valence-electron chi connectivity index (χ3n) is 3.27. The first-order valence-electron chi connectivity index (χ1n) is 7.52. The maximum atomic E-state index is 11.9. The molecule has 2 aromatic rings. The quantitative estimate of drug-likeness (QED) is 0.794. The first kappa shape index (κ1) is 17.3. The summed E-state index contributed by atoms with van der Waals surface area (Å²) in [6.07, 6.45) is -0.577. The van der Waals surface area contributed by atoms with Crippen LogP contribution in [-0.2, 0) is 16.0 Å². The molecule has 126 valence electrons. The fourth-order valence-corrected chi connectivity index (χ4v) is 1.96. The number of amides is 2. The number of para-hydroxylation sites is 1. The summed E-state index contributed by atoms with van der Waals surface area (Å²) >= 11 is 0. The predicted octanol–water partition coefficient (Wildman–Crippen LogP) is 1.85. The van der Waals surface area contributed by atoms with Gasteiger partial charge in [-0.25, -0.2) is 0 Å². The molecule has 0 saturated carbocycles. The van der Waals surface area contributed by atoms with Gasteiger partial charge in [0.05, 0.1) is 13.5 Å². The van der Waals surface area contributed by atoms with Crippen LogP contribution in [0.4, 0.5) is 0 Å². The lowest BCUT2D eigenvalue weighted by molar-refractivity contribution is -0.132. The van der Waals surface area contributed by atoms with Gasteiger partial charge in [-0.1, -0.05) is 30.3 Å². The second-order valence-corrected chi connectivity index (χ2v) is 5.14. The lowest BCUT2D eigenvalue weighted by atomic mass is 10.1. The van der Waals surface area contributed by atoms with Crippen LogP contribution in [0.5, 0.6) is 11.5 Å². The van der Waals surface area contributed by atoms with Gasteiger partial charge >= 0.3 is 0 Å². The van der Waals surface area contributed by atoms with E-state index in [0.717, 1.165) is 11.3 Å². The summed E-state index contributed by atoms with van der Waals surface area (Å²) in [6, 6.07) is 16.1. The van der Waals surface area contributed by atoms with Crippen molar-refractivity contribution in [3.8, 4) is 11.5 Å². The highest BCUT2D eigenvalue weighted by molar-refractivity contribution is 5.85. The maximum Gasteiger partial charge on any atom is 0.279 e. The molecule has 0 aliphatic heterocycles. The highest BCUT2D eigenvalue weighted by Gasteiger charge is 2.15. The largest absolute Gasteiger partial charge is 0.497 e. The molecule has 0 aromatic heterocycles. The predicted molar refractivity (Wildman–Crippen MR) is 89.5 cm³/mol. The summed E-state index contributed by atoms with van der Waals surface area (Å²) in [6.45, 7) is 1.61. The number of carbonyl (C=O) groups excluding carboxylic acids is 2. The van der Waals surface area contributed by atoms with Gasteiger partial charge < -0.3 is 9.47 Å². The van der Waals surface area contributed by atoms with Crippen molar-refractivity contribution in [3.63, 3.8) is 0 Å². The summed E-state index contributed by atoms with van der Waals surface area (Å²) in [4.78, 5) is 23.8. The van der Waals surface area contributed by atoms with Crippen molar-refractivity contribution in [3.05, 3.63) is 60.2 Å². The summed E-state index contributed by atoms with van der Waals surface area (Å²) < 4.78 is 10.5. The molecule has 0 spiro atoms. The molecule has 0 bridgehead atoms. The van der Waals surface area contributed by atoms with Gasteiger partial charge in [-0.05, 0) is 36.8 Å². The molecule has 0 aliphatic carbocycles. The fourth-order valence-electron chi connectivity index (χ4n) is 1.96. The number of nitrogens with one attached hydrogen (secondary N) is 2. The van der Waals surface area contributed by atoms with Crippen molar-refractivity contribution in [2.45, 2.75) is 19.4 Å². The second kappa shape index (κ2) is 8.57. The van der Waals surface area contributed by atoms with Crippen LogP contribution in [-0.4, -0.2) is 25.0 Å². The van der Waals surface area contributed by atoms with Crippen molar-refractivity contribution in [1.82, 2.24) is 10.9 Å². The monoisotopic (exact) mass is 328 g/mol. The fraction of sp³-hybridized carbons (Fsp3) is 0.222. The van der Waals surface area contributed by atoms with Crippen molar-refractivity contribution in [2.75, 3.05) is 7.11 Å². The lowest BCUT2D eigenvalue weighted by Gasteiger charge is -2.15. The molecule has 0 radical (unpaired) electrons. The van der Waals surface area contributed by atoms with Crippen LogP contribution < -0.4 is 20.3 Å². The van der Waals surface area contributed by atoms with E-state index in [2.05, 4.69) is 10.9 Å². The Morgan fingerprint density at radius 1 is 0.958 bits per heavy atom. The van der Waals surface area contributed by atoms with Crippen LogP contribution in [0.15, 0.2) is 54.6 Å². The second-order valence-electron chi connectivity index (χ2n) is 5.14. The standard InChI is InChI=1S/C18H20N2O4/c1-13(24-16-6-4-3-5-7-16)18(22)20-19-17(21)12-14-8-10-15(23-2)11-9-14/h3-11,13H,12H2,1-2H3,(H,19,21)(H,20,22). The first-order valence-corrected chi connectivity index (χ1v) is 7.52. The van der Waals surface area contributed by atoms with Gasteiger partial charge in [-0.2, -0.15) is 0 Å². The Labute approximate surface area is 140 Å². The molecule has 0 saturated heterocycles. The van der Waals surface area contributed by atoms with Gasteiger partial charge in [-0.15, -0.1) is 0 Å². The van der Waals surface area contributed by atoms with E-state index in [0.29, 0.717) is 5.75 Å². The van der Waals surface area contributed by atoms with E-state index in [-0.39, 0.29) is 12.3 Å². The summed E-state index contributed by atoms with van der Waals surface area (Å²) in [5.74, 6) is 0.561. The zero-order valence-corrected chi connectivity index (χ0v) is 13.6. The Hall–Kier alpha value is -3.02. The summed E-state index contributed by atoms with van der Waals surface area (Å²) in [7, 11) is 1.58. The van der Waals surface area contributed by atoms with Gasteiger partial charge in [-0.3, -0.25) is 20.4 Å². The van der Waals surface area contributed by atoms with E-state index < -0.39 is 12.0 Å². The zero-order chi connectivity index (χ0) is 17.4. The van der Waals surface area contributed by atoms with Crippen LogP contribution in [0.1, 0.15) is 12.5 Å². The van der Waals surface area contributed by atoms with E-state index >= 15 is 0 Å². The molecule has 2 rings (SSSR count). The Morgan fingerprint density at radius 2 is 1.62 bits per heavy atom. The Morgan fingerprint density at radius 3 is 2.25 bits per heavy atom. The smallest absolute Gasteiger partial charge is 0.279 e. The first-order chi connectivity index (χ1) is 11.6. The maximum absolute atomic E-state index is 11.9. The molecule has 6 heteroatoms. The van der Waals surface area contributed by atoms with Gasteiger partial charge in [0.2, 0.25) is 5.91 Å². The summed E-state index contributed by atoms with van der Waals surface area (Å²) in [5, 5.41) is 0. The molecule has 1 atom stereocenters. The molecule has 2 N–H and O–H groups in total. The number of hydrogen-bond donors (Lipinski definition) is 2. The number of methoxy groups -OCH3 is 1. The van der Waals surface area contributed by atoms with Gasteiger partial charge in [0.25, 0.3) is 5.91 Å². The van der Waals surface area contributed by atoms with E-state index in [1.807, 2.05) is 18.2 Å². The molecule has 0 fully saturated rings. The molecule has 0 heterocycles. The minimum Gasteiger partial charge on any atom is -0.497 e. The molecule has 24 heavy (non-hydrogen) atoms. The van der Waals surface area contributed by atoms with Crippen molar-refractivity contribution < 1.29 is 19.1 Å². The highest BCUT2D eigenvalue weighted by Crippen LogP contribution is 2.12. The average molecular weight is 328 g/mol. The number of rotatable bonds is 6. The van der Waals surface area contributed by atoms with Crippen molar-refractivity contribution >= 4 is 11.8 Å². The van der Waals surface area contributed by atoms with Crippen LogP contribution >= 0.6 is 0 Å². The molecule has 1 unspecified atom stereocenters. The molecule has 2 aromatic carbocycles. The van der Waals surface area contributed by atoms with E-state index in [4.69, 9.17) is 9.47 Å². The minimum absolute atomic E-state index is 0.151. The minimum atomic E-state index is -0.728.